The summed E-state index contributed by atoms with van der Waals surface area (Å²) in [6, 6.07) is 13.7. The molecule has 1 amide bonds. The molecule has 1 atom stereocenters. The van der Waals surface area contributed by atoms with E-state index in [0.29, 0.717) is 5.69 Å². The zero-order valence-electron chi connectivity index (χ0n) is 15.8. The van der Waals surface area contributed by atoms with Gasteiger partial charge in [-0.1, -0.05) is 30.3 Å². The highest BCUT2D eigenvalue weighted by Crippen LogP contribution is 2.22. The fourth-order valence-corrected chi connectivity index (χ4v) is 2.66. The van der Waals surface area contributed by atoms with Gasteiger partial charge in [-0.2, -0.15) is 0 Å². The number of carbonyl (C=O) groups is 2. The summed E-state index contributed by atoms with van der Waals surface area (Å²) in [5.41, 5.74) is 1.33. The molecular formula is C20H23N3O5. The number of rotatable bonds is 9. The predicted octanol–water partition coefficient (Wildman–Crippen LogP) is 2.93. The van der Waals surface area contributed by atoms with Crippen LogP contribution < -0.4 is 10.6 Å². The van der Waals surface area contributed by atoms with Crippen LogP contribution in [0.15, 0.2) is 48.5 Å². The molecule has 0 aromatic heterocycles. The number of non-ortho nitro benzene ring substituents is 1. The summed E-state index contributed by atoms with van der Waals surface area (Å²) in [4.78, 5) is 34.5. The molecule has 0 aliphatic carbocycles. The molecule has 0 saturated carbocycles. The van der Waals surface area contributed by atoms with E-state index < -0.39 is 23.4 Å². The molecule has 0 aliphatic rings. The molecule has 0 fully saturated rings. The van der Waals surface area contributed by atoms with Crippen molar-refractivity contribution in [2.24, 2.45) is 0 Å². The Balaban J connectivity index is 1.85. The van der Waals surface area contributed by atoms with E-state index in [2.05, 4.69) is 10.6 Å². The number of carbonyl (C=O) groups excluding carboxylic acids is 2. The van der Waals surface area contributed by atoms with Crippen LogP contribution in [-0.4, -0.2) is 36.5 Å². The monoisotopic (exact) mass is 385 g/mol. The Kier molecular flexibility index (Phi) is 7.50. The average molecular weight is 385 g/mol. The molecule has 2 N–H and O–H groups in total. The fraction of sp³-hybridized carbons (Fsp3) is 0.300. The summed E-state index contributed by atoms with van der Waals surface area (Å²) in [7, 11) is 1.58. The third kappa shape index (κ3) is 6.08. The summed E-state index contributed by atoms with van der Waals surface area (Å²) >= 11 is 0. The van der Waals surface area contributed by atoms with E-state index >= 15 is 0 Å². The lowest BCUT2D eigenvalue weighted by Gasteiger charge is -2.14. The van der Waals surface area contributed by atoms with E-state index in [1.165, 1.54) is 17.7 Å². The third-order valence-electron chi connectivity index (χ3n) is 4.15. The first-order chi connectivity index (χ1) is 13.4. The van der Waals surface area contributed by atoms with Crippen molar-refractivity contribution in [1.82, 2.24) is 5.32 Å². The Morgan fingerprint density at radius 1 is 1.18 bits per heavy atom. The molecule has 2 rings (SSSR count). The maximum absolute atomic E-state index is 12.2. The smallest absolute Gasteiger partial charge is 0.341 e. The molecule has 0 saturated heterocycles. The largest absolute Gasteiger partial charge is 0.452 e. The van der Waals surface area contributed by atoms with Crippen LogP contribution in [0.5, 0.6) is 0 Å². The summed E-state index contributed by atoms with van der Waals surface area (Å²) in [6.07, 6.45) is 1.57. The van der Waals surface area contributed by atoms with Crippen molar-refractivity contribution in [3.63, 3.8) is 0 Å². The van der Waals surface area contributed by atoms with Crippen molar-refractivity contribution in [2.75, 3.05) is 19.0 Å². The number of hydrogen-bond acceptors (Lipinski definition) is 6. The molecule has 0 aliphatic heterocycles. The molecule has 148 valence electrons. The maximum Gasteiger partial charge on any atom is 0.341 e. The third-order valence-corrected chi connectivity index (χ3v) is 4.15. The number of amides is 1. The second-order valence-electron chi connectivity index (χ2n) is 6.31. The van der Waals surface area contributed by atoms with Crippen molar-refractivity contribution < 1.29 is 19.2 Å². The number of nitro groups is 1. The summed E-state index contributed by atoms with van der Waals surface area (Å²) in [6.45, 7) is 1.42. The minimum Gasteiger partial charge on any atom is -0.452 e. The number of benzene rings is 2. The molecule has 0 radical (unpaired) electrons. The van der Waals surface area contributed by atoms with Gasteiger partial charge in [0.05, 0.1) is 10.5 Å². The zero-order chi connectivity index (χ0) is 20.5. The normalized spacial score (nSPS) is 11.4. The van der Waals surface area contributed by atoms with Gasteiger partial charge < -0.3 is 15.4 Å². The number of ether oxygens (including phenoxy) is 1. The molecule has 2 aromatic carbocycles. The summed E-state index contributed by atoms with van der Waals surface area (Å²) < 4.78 is 5.02. The highest BCUT2D eigenvalue weighted by atomic mass is 16.6. The molecule has 0 unspecified atom stereocenters. The number of aryl methyl sites for hydroxylation is 1. The number of nitro benzene ring substituents is 1. The van der Waals surface area contributed by atoms with E-state index in [1.807, 2.05) is 37.3 Å². The topological polar surface area (TPSA) is 111 Å². The Bertz CT molecular complexity index is 839. The molecule has 8 nitrogen and oxygen atoms in total. The van der Waals surface area contributed by atoms with Crippen LogP contribution in [0.2, 0.25) is 0 Å². The Hall–Kier alpha value is -3.42. The molecule has 0 bridgehead atoms. The molecule has 0 spiro atoms. The SMILES string of the molecule is CNc1ccc([N+](=O)[O-])cc1C(=O)OCC(=O)N[C@@H](C)CCc1ccccc1. The molecule has 8 heteroatoms. The summed E-state index contributed by atoms with van der Waals surface area (Å²) in [5, 5.41) is 16.4. The van der Waals surface area contributed by atoms with Gasteiger partial charge in [0.2, 0.25) is 0 Å². The lowest BCUT2D eigenvalue weighted by Crippen LogP contribution is -2.36. The Morgan fingerprint density at radius 2 is 1.89 bits per heavy atom. The average Bonchev–Trinajstić information content (AvgIpc) is 2.70. The van der Waals surface area contributed by atoms with E-state index in [4.69, 9.17) is 4.74 Å². The second-order valence-corrected chi connectivity index (χ2v) is 6.31. The van der Waals surface area contributed by atoms with Gasteiger partial charge in [-0.3, -0.25) is 14.9 Å². The standard InChI is InChI=1S/C20H23N3O5/c1-14(8-9-15-6-4-3-5-7-15)22-19(24)13-28-20(25)17-12-16(23(26)27)10-11-18(17)21-2/h3-7,10-12,14,21H,8-9,13H2,1-2H3,(H,22,24)/t14-/m0/s1. The molecule has 28 heavy (non-hydrogen) atoms. The van der Waals surface area contributed by atoms with Crippen molar-refractivity contribution in [1.29, 1.82) is 0 Å². The number of anilines is 1. The molecule has 0 heterocycles. The Morgan fingerprint density at radius 3 is 2.54 bits per heavy atom. The fourth-order valence-electron chi connectivity index (χ4n) is 2.66. The first-order valence-corrected chi connectivity index (χ1v) is 8.87. The van der Waals surface area contributed by atoms with Gasteiger partial charge in [0.25, 0.3) is 11.6 Å². The van der Waals surface area contributed by atoms with Crippen LogP contribution in [0.25, 0.3) is 0 Å². The number of esters is 1. The van der Waals surface area contributed by atoms with Crippen molar-refractivity contribution in [2.45, 2.75) is 25.8 Å². The van der Waals surface area contributed by atoms with E-state index in [1.54, 1.807) is 7.05 Å². The first kappa shape index (κ1) is 20.9. The van der Waals surface area contributed by atoms with Crippen molar-refractivity contribution in [3.05, 3.63) is 69.8 Å². The van der Waals surface area contributed by atoms with Crippen LogP contribution in [0.1, 0.15) is 29.3 Å². The van der Waals surface area contributed by atoms with E-state index in [0.717, 1.165) is 18.9 Å². The number of hydrogen-bond donors (Lipinski definition) is 2. The van der Waals surface area contributed by atoms with Crippen LogP contribution >= 0.6 is 0 Å². The lowest BCUT2D eigenvalue weighted by atomic mass is 10.1. The van der Waals surface area contributed by atoms with Gasteiger partial charge in [-0.05, 0) is 31.4 Å². The molecular weight excluding hydrogens is 362 g/mol. The predicted molar refractivity (Wildman–Crippen MR) is 105 cm³/mol. The number of nitrogens with zero attached hydrogens (tertiary/aromatic N) is 1. The van der Waals surface area contributed by atoms with Crippen LogP contribution in [0, 0.1) is 10.1 Å². The minimum absolute atomic E-state index is 0.00151. The maximum atomic E-state index is 12.2. The van der Waals surface area contributed by atoms with Crippen LogP contribution in [0.3, 0.4) is 0 Å². The lowest BCUT2D eigenvalue weighted by molar-refractivity contribution is -0.384. The van der Waals surface area contributed by atoms with Gasteiger partial charge >= 0.3 is 5.97 Å². The van der Waals surface area contributed by atoms with Gasteiger partial charge in [0, 0.05) is 30.9 Å². The van der Waals surface area contributed by atoms with Crippen molar-refractivity contribution >= 4 is 23.3 Å². The van der Waals surface area contributed by atoms with Crippen LogP contribution in [0.4, 0.5) is 11.4 Å². The van der Waals surface area contributed by atoms with Crippen molar-refractivity contribution in [3.8, 4) is 0 Å². The zero-order valence-corrected chi connectivity index (χ0v) is 15.8. The first-order valence-electron chi connectivity index (χ1n) is 8.87. The van der Waals surface area contributed by atoms with Gasteiger partial charge in [-0.15, -0.1) is 0 Å². The quantitative estimate of drug-likeness (QED) is 0.390. The van der Waals surface area contributed by atoms with E-state index in [-0.39, 0.29) is 17.3 Å². The molecule has 2 aromatic rings. The Labute approximate surface area is 163 Å². The minimum atomic E-state index is -0.805. The van der Waals surface area contributed by atoms with E-state index in [9.17, 15) is 19.7 Å². The van der Waals surface area contributed by atoms with Crippen LogP contribution in [-0.2, 0) is 16.0 Å². The second kappa shape index (κ2) is 10.1. The van der Waals surface area contributed by atoms with Gasteiger partial charge in [0.1, 0.15) is 0 Å². The number of nitrogens with one attached hydrogen (secondary N) is 2. The highest BCUT2D eigenvalue weighted by molar-refractivity contribution is 5.97. The van der Waals surface area contributed by atoms with Gasteiger partial charge in [-0.25, -0.2) is 4.79 Å². The van der Waals surface area contributed by atoms with Gasteiger partial charge in [0.15, 0.2) is 6.61 Å². The summed E-state index contributed by atoms with van der Waals surface area (Å²) in [5.74, 6) is -1.23. The highest BCUT2D eigenvalue weighted by Gasteiger charge is 2.19.